The van der Waals surface area contributed by atoms with E-state index < -0.39 is 0 Å². The zero-order valence-corrected chi connectivity index (χ0v) is 16.0. The van der Waals surface area contributed by atoms with Gasteiger partial charge in [-0.25, -0.2) is 9.97 Å². The van der Waals surface area contributed by atoms with Gasteiger partial charge in [-0.2, -0.15) is 0 Å². The molecule has 0 saturated heterocycles. The summed E-state index contributed by atoms with van der Waals surface area (Å²) < 4.78 is 2.66. The van der Waals surface area contributed by atoms with Gasteiger partial charge in [-0.3, -0.25) is 14.2 Å². The van der Waals surface area contributed by atoms with Gasteiger partial charge in [-0.15, -0.1) is 0 Å². The first-order valence-electron chi connectivity index (χ1n) is 8.40. The molecule has 1 aromatic carbocycles. The van der Waals surface area contributed by atoms with Crippen molar-refractivity contribution in [2.24, 2.45) is 0 Å². The van der Waals surface area contributed by atoms with Crippen LogP contribution in [0.3, 0.4) is 0 Å². The Kier molecular flexibility index (Phi) is 6.32. The maximum Gasteiger partial charge on any atom is 0.251 e. The number of hydrogen-bond acceptors (Lipinski definition) is 4. The molecule has 0 unspecified atom stereocenters. The minimum atomic E-state index is -0.182. The molecular formula is C19H18BrN5O2. The Morgan fingerprint density at radius 3 is 2.33 bits per heavy atom. The number of carbonyl (C=O) groups excluding carboxylic acids is 2. The van der Waals surface area contributed by atoms with Crippen LogP contribution >= 0.6 is 15.9 Å². The van der Waals surface area contributed by atoms with E-state index in [1.165, 1.54) is 0 Å². The first-order chi connectivity index (χ1) is 13.1. The second-order valence-corrected chi connectivity index (χ2v) is 6.66. The molecule has 0 fully saturated rings. The molecule has 2 aromatic heterocycles. The predicted octanol–water partition coefficient (Wildman–Crippen LogP) is 2.58. The third-order valence-electron chi connectivity index (χ3n) is 3.81. The Hall–Kier alpha value is -3.00. The average Bonchev–Trinajstić information content (AvgIpc) is 3.23. The molecule has 0 aliphatic heterocycles. The fraction of sp³-hybridized carbons (Fsp3) is 0.158. The molecule has 0 aliphatic rings. The van der Waals surface area contributed by atoms with Gasteiger partial charge in [0.1, 0.15) is 12.1 Å². The molecule has 0 aliphatic carbocycles. The van der Waals surface area contributed by atoms with Gasteiger partial charge in [-0.1, -0.05) is 15.9 Å². The largest absolute Gasteiger partial charge is 0.352 e. The second-order valence-electron chi connectivity index (χ2n) is 5.74. The lowest BCUT2D eigenvalue weighted by Gasteiger charge is -2.08. The van der Waals surface area contributed by atoms with Crippen molar-refractivity contribution >= 4 is 27.7 Å². The smallest absolute Gasteiger partial charge is 0.251 e. The topological polar surface area (TPSA) is 88.9 Å². The molecule has 7 nitrogen and oxygen atoms in total. The zero-order chi connectivity index (χ0) is 19.1. The van der Waals surface area contributed by atoms with Gasteiger partial charge in [0, 0.05) is 47.3 Å². The fourth-order valence-corrected chi connectivity index (χ4v) is 2.66. The van der Waals surface area contributed by atoms with Crippen LogP contribution in [0, 0.1) is 0 Å². The number of halogens is 1. The number of carbonyl (C=O) groups is 2. The first-order valence-corrected chi connectivity index (χ1v) is 9.19. The number of aromatic nitrogens is 3. The minimum absolute atomic E-state index is 0.132. The number of imidazole rings is 1. The molecule has 2 heterocycles. The lowest BCUT2D eigenvalue weighted by molar-refractivity contribution is 0.0951. The van der Waals surface area contributed by atoms with E-state index in [2.05, 4.69) is 36.5 Å². The number of nitrogens with one attached hydrogen (secondary N) is 2. The number of pyridine rings is 1. The summed E-state index contributed by atoms with van der Waals surface area (Å²) in [4.78, 5) is 32.4. The lowest BCUT2D eigenvalue weighted by atomic mass is 10.2. The summed E-state index contributed by atoms with van der Waals surface area (Å²) in [5.74, 6) is 0.313. The molecule has 2 amide bonds. The van der Waals surface area contributed by atoms with E-state index >= 15 is 0 Å². The molecule has 0 bridgehead atoms. The highest BCUT2D eigenvalue weighted by molar-refractivity contribution is 9.10. The van der Waals surface area contributed by atoms with Gasteiger partial charge in [0.05, 0.1) is 0 Å². The summed E-state index contributed by atoms with van der Waals surface area (Å²) in [5, 5.41) is 5.68. The van der Waals surface area contributed by atoms with E-state index in [1.54, 1.807) is 53.8 Å². The molecule has 0 atom stereocenters. The molecule has 27 heavy (non-hydrogen) atoms. The number of benzene rings is 1. The highest BCUT2D eigenvalue weighted by atomic mass is 79.9. The van der Waals surface area contributed by atoms with E-state index in [0.717, 1.165) is 4.47 Å². The minimum Gasteiger partial charge on any atom is -0.352 e. The van der Waals surface area contributed by atoms with Crippen LogP contribution in [0.15, 0.2) is 65.8 Å². The Labute approximate surface area is 165 Å². The maximum absolute atomic E-state index is 12.3. The second kappa shape index (κ2) is 9.09. The van der Waals surface area contributed by atoms with Gasteiger partial charge >= 0.3 is 0 Å². The van der Waals surface area contributed by atoms with Gasteiger partial charge in [0.2, 0.25) is 0 Å². The molecule has 0 radical (unpaired) electrons. The number of amides is 2. The van der Waals surface area contributed by atoms with Gasteiger partial charge in [0.15, 0.2) is 0 Å². The fourth-order valence-electron chi connectivity index (χ4n) is 2.39. The van der Waals surface area contributed by atoms with Crippen LogP contribution in [0.5, 0.6) is 0 Å². The van der Waals surface area contributed by atoms with Crippen LogP contribution in [0.25, 0.3) is 5.82 Å². The summed E-state index contributed by atoms with van der Waals surface area (Å²) in [5.41, 5.74) is 1.12. The van der Waals surface area contributed by atoms with Crippen molar-refractivity contribution in [1.29, 1.82) is 0 Å². The molecular weight excluding hydrogens is 410 g/mol. The van der Waals surface area contributed by atoms with Crippen LogP contribution in [0.2, 0.25) is 0 Å². The molecule has 2 N–H and O–H groups in total. The van der Waals surface area contributed by atoms with Crippen LogP contribution in [-0.2, 0) is 0 Å². The van der Waals surface area contributed by atoms with Crippen molar-refractivity contribution in [3.63, 3.8) is 0 Å². The molecule has 8 heteroatoms. The van der Waals surface area contributed by atoms with E-state index in [1.807, 2.05) is 12.1 Å². The maximum atomic E-state index is 12.3. The number of rotatable bonds is 7. The van der Waals surface area contributed by atoms with Gasteiger partial charge < -0.3 is 10.6 Å². The van der Waals surface area contributed by atoms with E-state index in [4.69, 9.17) is 0 Å². The summed E-state index contributed by atoms with van der Waals surface area (Å²) in [6.45, 7) is 0.938. The Bertz CT molecular complexity index is 910. The Morgan fingerprint density at radius 1 is 0.963 bits per heavy atom. The monoisotopic (exact) mass is 427 g/mol. The summed E-state index contributed by atoms with van der Waals surface area (Å²) >= 11 is 3.34. The number of hydrogen-bond donors (Lipinski definition) is 2. The predicted molar refractivity (Wildman–Crippen MR) is 105 cm³/mol. The summed E-state index contributed by atoms with van der Waals surface area (Å²) in [6, 6.07) is 10.5. The lowest BCUT2D eigenvalue weighted by Crippen LogP contribution is -2.30. The Balaban J connectivity index is 1.43. The van der Waals surface area contributed by atoms with Crippen LogP contribution in [-0.4, -0.2) is 39.4 Å². The molecule has 0 spiro atoms. The van der Waals surface area contributed by atoms with Crippen molar-refractivity contribution in [2.45, 2.75) is 6.42 Å². The summed E-state index contributed by atoms with van der Waals surface area (Å²) in [7, 11) is 0. The van der Waals surface area contributed by atoms with E-state index in [9.17, 15) is 9.59 Å². The van der Waals surface area contributed by atoms with Crippen LogP contribution in [0.1, 0.15) is 27.1 Å². The van der Waals surface area contributed by atoms with Crippen molar-refractivity contribution < 1.29 is 9.59 Å². The van der Waals surface area contributed by atoms with Crippen molar-refractivity contribution in [2.75, 3.05) is 13.1 Å². The highest BCUT2D eigenvalue weighted by Gasteiger charge is 2.08. The van der Waals surface area contributed by atoms with Crippen molar-refractivity contribution in [1.82, 2.24) is 25.2 Å². The Morgan fingerprint density at radius 2 is 1.67 bits per heavy atom. The third kappa shape index (κ3) is 5.24. The number of nitrogens with zero attached hydrogens (tertiary/aromatic N) is 3. The highest BCUT2D eigenvalue weighted by Crippen LogP contribution is 2.10. The molecule has 138 valence electrons. The standard InChI is InChI=1S/C19H18BrN5O2/c20-16-4-2-14(3-5-16)18(26)23-7-1-8-24-19(27)15-6-9-22-17(12-15)25-11-10-21-13-25/h2-6,9-13H,1,7-8H2,(H,23,26)(H,24,27). The quantitative estimate of drug-likeness (QED) is 0.567. The van der Waals surface area contributed by atoms with Crippen LogP contribution in [0.4, 0.5) is 0 Å². The molecule has 3 aromatic rings. The molecule has 3 rings (SSSR count). The van der Waals surface area contributed by atoms with E-state index in [0.29, 0.717) is 36.5 Å². The van der Waals surface area contributed by atoms with Crippen molar-refractivity contribution in [3.05, 3.63) is 76.9 Å². The third-order valence-corrected chi connectivity index (χ3v) is 4.34. The van der Waals surface area contributed by atoms with E-state index in [-0.39, 0.29) is 11.8 Å². The molecule has 0 saturated carbocycles. The zero-order valence-electron chi connectivity index (χ0n) is 14.4. The van der Waals surface area contributed by atoms with Gasteiger partial charge in [0.25, 0.3) is 11.8 Å². The average molecular weight is 428 g/mol. The van der Waals surface area contributed by atoms with Crippen LogP contribution < -0.4 is 10.6 Å². The van der Waals surface area contributed by atoms with Crippen molar-refractivity contribution in [3.8, 4) is 5.82 Å². The SMILES string of the molecule is O=C(NCCCNC(=O)c1ccnc(-n2ccnc2)c1)c1ccc(Br)cc1. The first kappa shape index (κ1) is 18.8. The summed E-state index contributed by atoms with van der Waals surface area (Å²) in [6.07, 6.45) is 7.25. The van der Waals surface area contributed by atoms with Gasteiger partial charge in [-0.05, 0) is 42.8 Å². The normalized spacial score (nSPS) is 10.4.